The summed E-state index contributed by atoms with van der Waals surface area (Å²) in [5, 5.41) is 4.88. The van der Waals surface area contributed by atoms with Crippen molar-refractivity contribution >= 4 is 38.3 Å². The molecule has 0 spiro atoms. The highest BCUT2D eigenvalue weighted by Gasteiger charge is 2.48. The second kappa shape index (κ2) is 8.26. The van der Waals surface area contributed by atoms with E-state index in [2.05, 4.69) is 15.0 Å². The van der Waals surface area contributed by atoms with Crippen LogP contribution >= 0.6 is 11.6 Å². The molecule has 166 valence electrons. The van der Waals surface area contributed by atoms with Crippen LogP contribution in [-0.4, -0.2) is 25.9 Å². The average molecular weight is 478 g/mol. The summed E-state index contributed by atoms with van der Waals surface area (Å²) in [5.74, 6) is -0.418. The molecule has 0 aliphatic carbocycles. The molecule has 0 radical (unpaired) electrons. The first-order valence-electron chi connectivity index (χ1n) is 10.4. The molecule has 1 aliphatic rings. The molecule has 2 heterocycles. The van der Waals surface area contributed by atoms with Crippen molar-refractivity contribution in [3.8, 4) is 11.1 Å². The quantitative estimate of drug-likeness (QED) is 0.450. The van der Waals surface area contributed by atoms with E-state index < -0.39 is 21.5 Å². The summed E-state index contributed by atoms with van der Waals surface area (Å²) in [6, 6.07) is 23.3. The highest BCUT2D eigenvalue weighted by molar-refractivity contribution is 7.89. The van der Waals surface area contributed by atoms with E-state index in [1.165, 1.54) is 6.07 Å². The van der Waals surface area contributed by atoms with Crippen LogP contribution < -0.4 is 10.0 Å². The SMILES string of the molecule is O=C1NCC[C@]1(NS(=O)(=O)c1ccc2cc(Cl)ccc2c1)c1ccc(-c2ccccc2)cn1. The number of pyridine rings is 1. The van der Waals surface area contributed by atoms with Gasteiger partial charge in [0.05, 0.1) is 10.6 Å². The van der Waals surface area contributed by atoms with E-state index in [-0.39, 0.29) is 11.3 Å². The Morgan fingerprint density at radius 3 is 2.36 bits per heavy atom. The lowest BCUT2D eigenvalue weighted by molar-refractivity contribution is -0.124. The molecule has 0 saturated carbocycles. The number of carbonyl (C=O) groups excluding carboxylic acids is 1. The van der Waals surface area contributed by atoms with Gasteiger partial charge in [-0.25, -0.2) is 8.42 Å². The van der Waals surface area contributed by atoms with E-state index in [0.717, 1.165) is 21.9 Å². The minimum atomic E-state index is -4.03. The van der Waals surface area contributed by atoms with Crippen molar-refractivity contribution in [1.82, 2.24) is 15.0 Å². The van der Waals surface area contributed by atoms with Gasteiger partial charge in [-0.15, -0.1) is 0 Å². The molecular weight excluding hydrogens is 458 g/mol. The van der Waals surface area contributed by atoms with Gasteiger partial charge in [0.15, 0.2) is 5.54 Å². The monoisotopic (exact) mass is 477 g/mol. The highest BCUT2D eigenvalue weighted by Crippen LogP contribution is 2.32. The molecule has 4 aromatic rings. The molecule has 2 N–H and O–H groups in total. The molecule has 1 saturated heterocycles. The first-order valence-corrected chi connectivity index (χ1v) is 12.3. The molecule has 6 nitrogen and oxygen atoms in total. The zero-order chi connectivity index (χ0) is 23.1. The maximum absolute atomic E-state index is 13.4. The Morgan fingerprint density at radius 2 is 1.67 bits per heavy atom. The van der Waals surface area contributed by atoms with Gasteiger partial charge >= 0.3 is 0 Å². The summed E-state index contributed by atoms with van der Waals surface area (Å²) in [7, 11) is -4.03. The molecule has 3 aromatic carbocycles. The third-order valence-corrected chi connectivity index (χ3v) is 7.60. The van der Waals surface area contributed by atoms with Gasteiger partial charge in [0.2, 0.25) is 15.9 Å². The summed E-state index contributed by atoms with van der Waals surface area (Å²) >= 11 is 6.03. The number of hydrogen-bond acceptors (Lipinski definition) is 4. The lowest BCUT2D eigenvalue weighted by Gasteiger charge is -2.27. The molecule has 0 bridgehead atoms. The minimum absolute atomic E-state index is 0.0669. The lowest BCUT2D eigenvalue weighted by Crippen LogP contribution is -2.51. The Balaban J connectivity index is 1.52. The number of nitrogens with one attached hydrogen (secondary N) is 2. The average Bonchev–Trinajstić information content (AvgIpc) is 3.19. The number of benzene rings is 3. The molecule has 5 rings (SSSR count). The predicted molar refractivity (Wildman–Crippen MR) is 128 cm³/mol. The molecule has 1 fully saturated rings. The fraction of sp³-hybridized carbons (Fsp3) is 0.120. The second-order valence-electron chi connectivity index (χ2n) is 7.97. The molecule has 33 heavy (non-hydrogen) atoms. The molecule has 1 aromatic heterocycles. The summed E-state index contributed by atoms with van der Waals surface area (Å²) in [6.45, 7) is 0.347. The fourth-order valence-corrected chi connectivity index (χ4v) is 5.71. The van der Waals surface area contributed by atoms with E-state index in [4.69, 9.17) is 11.6 Å². The normalized spacial score (nSPS) is 18.4. The number of aromatic nitrogens is 1. The van der Waals surface area contributed by atoms with Crippen LogP contribution in [0.2, 0.25) is 5.02 Å². The highest BCUT2D eigenvalue weighted by atomic mass is 35.5. The van der Waals surface area contributed by atoms with E-state index in [1.807, 2.05) is 36.4 Å². The third-order valence-electron chi connectivity index (χ3n) is 5.87. The molecule has 1 amide bonds. The number of halogens is 1. The Hall–Kier alpha value is -3.26. The van der Waals surface area contributed by atoms with Gasteiger partial charge in [-0.05, 0) is 53.1 Å². The number of sulfonamides is 1. The molecular formula is C25H20ClN3O3S. The fourth-order valence-electron chi connectivity index (χ4n) is 4.12. The number of rotatable bonds is 5. The van der Waals surface area contributed by atoms with Crippen molar-refractivity contribution in [2.75, 3.05) is 6.54 Å². The molecule has 1 atom stereocenters. The van der Waals surface area contributed by atoms with Crippen molar-refractivity contribution in [3.05, 3.63) is 95.8 Å². The van der Waals surface area contributed by atoms with Crippen molar-refractivity contribution < 1.29 is 13.2 Å². The van der Waals surface area contributed by atoms with Crippen molar-refractivity contribution in [2.24, 2.45) is 0 Å². The number of carbonyl (C=O) groups is 1. The largest absolute Gasteiger partial charge is 0.354 e. The van der Waals surface area contributed by atoms with Crippen LogP contribution in [0.3, 0.4) is 0 Å². The van der Waals surface area contributed by atoms with Gasteiger partial charge in [0.1, 0.15) is 0 Å². The van der Waals surface area contributed by atoms with Gasteiger partial charge in [-0.3, -0.25) is 9.78 Å². The Labute approximate surface area is 196 Å². The van der Waals surface area contributed by atoms with Crippen LogP contribution in [0, 0.1) is 0 Å². The van der Waals surface area contributed by atoms with Crippen molar-refractivity contribution in [3.63, 3.8) is 0 Å². The van der Waals surface area contributed by atoms with Gasteiger partial charge in [-0.1, -0.05) is 60.1 Å². The summed E-state index contributed by atoms with van der Waals surface area (Å²) < 4.78 is 29.4. The van der Waals surface area contributed by atoms with Gasteiger partial charge in [0.25, 0.3) is 0 Å². The molecule has 0 unspecified atom stereocenters. The Kier molecular flexibility index (Phi) is 5.40. The number of hydrogen-bond donors (Lipinski definition) is 2. The lowest BCUT2D eigenvalue weighted by atomic mass is 9.93. The Morgan fingerprint density at radius 1 is 0.909 bits per heavy atom. The third kappa shape index (κ3) is 3.99. The predicted octanol–water partition coefficient (Wildman–Crippen LogP) is 4.25. The molecule has 8 heteroatoms. The first kappa shape index (κ1) is 21.6. The minimum Gasteiger partial charge on any atom is -0.354 e. The maximum Gasteiger partial charge on any atom is 0.247 e. The van der Waals surface area contributed by atoms with Crippen LogP contribution in [0.5, 0.6) is 0 Å². The van der Waals surface area contributed by atoms with E-state index in [9.17, 15) is 13.2 Å². The van der Waals surface area contributed by atoms with Gasteiger partial charge in [-0.2, -0.15) is 4.72 Å². The van der Waals surface area contributed by atoms with Crippen molar-refractivity contribution in [1.29, 1.82) is 0 Å². The van der Waals surface area contributed by atoms with Crippen molar-refractivity contribution in [2.45, 2.75) is 16.9 Å². The number of fused-ring (bicyclic) bond motifs is 1. The maximum atomic E-state index is 13.4. The topological polar surface area (TPSA) is 88.2 Å². The first-order chi connectivity index (χ1) is 15.9. The van der Waals surface area contributed by atoms with Crippen LogP contribution in [0.15, 0.2) is 90.0 Å². The summed E-state index contributed by atoms with van der Waals surface area (Å²) in [4.78, 5) is 17.5. The second-order valence-corrected chi connectivity index (χ2v) is 10.1. The standard InChI is InChI=1S/C25H20ClN3O3S/c26-21-9-6-19-15-22(10-7-18(19)14-21)33(31,32)29-25(12-13-27-24(25)30)23-11-8-20(16-28-23)17-4-2-1-3-5-17/h1-11,14-16,29H,12-13H2,(H,27,30)/t25-/m0/s1. The van der Waals surface area contributed by atoms with E-state index in [0.29, 0.717) is 17.3 Å². The van der Waals surface area contributed by atoms with Crippen LogP contribution in [0.25, 0.3) is 21.9 Å². The summed E-state index contributed by atoms with van der Waals surface area (Å²) in [6.07, 6.45) is 1.91. The van der Waals surface area contributed by atoms with E-state index in [1.54, 1.807) is 42.6 Å². The molecule has 1 aliphatic heterocycles. The smallest absolute Gasteiger partial charge is 0.247 e. The van der Waals surface area contributed by atoms with Crippen LogP contribution in [0.4, 0.5) is 0 Å². The van der Waals surface area contributed by atoms with Gasteiger partial charge < -0.3 is 5.32 Å². The van der Waals surface area contributed by atoms with Crippen LogP contribution in [-0.2, 0) is 20.4 Å². The summed E-state index contributed by atoms with van der Waals surface area (Å²) in [5.41, 5.74) is 0.735. The number of nitrogens with zero attached hydrogens (tertiary/aromatic N) is 1. The Bertz CT molecular complexity index is 1460. The van der Waals surface area contributed by atoms with E-state index >= 15 is 0 Å². The van der Waals surface area contributed by atoms with Crippen LogP contribution in [0.1, 0.15) is 12.1 Å². The zero-order valence-electron chi connectivity index (χ0n) is 17.5. The van der Waals surface area contributed by atoms with Gasteiger partial charge in [0, 0.05) is 23.3 Å². The zero-order valence-corrected chi connectivity index (χ0v) is 19.0. The number of amides is 1.